The van der Waals surface area contributed by atoms with E-state index in [1.54, 1.807) is 11.1 Å². The Bertz CT molecular complexity index is 986. The van der Waals surface area contributed by atoms with Crippen molar-refractivity contribution < 1.29 is 19.1 Å². The molecule has 1 atom stereocenters. The lowest BCUT2D eigenvalue weighted by Crippen LogP contribution is -2.50. The number of ether oxygens (including phenoxy) is 1. The van der Waals surface area contributed by atoms with Crippen LogP contribution in [-0.4, -0.2) is 44.6 Å². The smallest absolute Gasteiger partial charge is 0.275 e. The number of oxazole rings is 1. The topological polar surface area (TPSA) is 88.7 Å². The largest absolute Gasteiger partial charge is 0.484 e. The maximum absolute atomic E-state index is 12.7. The summed E-state index contributed by atoms with van der Waals surface area (Å²) < 4.78 is 11.1. The fraction of sp³-hybridized carbons (Fsp3) is 0.381. The van der Waals surface area contributed by atoms with Gasteiger partial charge in [0, 0.05) is 24.7 Å². The molecule has 1 aromatic carbocycles. The van der Waals surface area contributed by atoms with Crippen molar-refractivity contribution in [2.24, 2.45) is 0 Å². The fourth-order valence-electron chi connectivity index (χ4n) is 3.50. The third-order valence-corrected chi connectivity index (χ3v) is 5.21. The second-order valence-electron chi connectivity index (χ2n) is 7.18. The van der Waals surface area contributed by atoms with E-state index in [1.807, 2.05) is 37.3 Å². The van der Waals surface area contributed by atoms with E-state index in [9.17, 15) is 9.90 Å². The van der Waals surface area contributed by atoms with E-state index >= 15 is 0 Å². The summed E-state index contributed by atoms with van der Waals surface area (Å²) in [7, 11) is 0. The van der Waals surface area contributed by atoms with Gasteiger partial charge in [0.15, 0.2) is 12.3 Å². The number of likely N-dealkylation sites (tertiary alicyclic amines) is 1. The monoisotopic (exact) mass is 381 g/mol. The Hall–Kier alpha value is -2.93. The molecule has 1 fully saturated rings. The number of pyridine rings is 1. The van der Waals surface area contributed by atoms with E-state index in [2.05, 4.69) is 9.97 Å². The number of hydrogen-bond acceptors (Lipinski definition) is 6. The Morgan fingerprint density at radius 2 is 2.29 bits per heavy atom. The molecule has 3 heterocycles. The highest BCUT2D eigenvalue weighted by molar-refractivity contribution is 5.92. The number of fused-ring (bicyclic) bond motifs is 1. The van der Waals surface area contributed by atoms with Crippen LogP contribution in [0.3, 0.4) is 0 Å². The van der Waals surface area contributed by atoms with Crippen LogP contribution in [0.5, 0.6) is 5.75 Å². The van der Waals surface area contributed by atoms with Crippen LogP contribution in [0.2, 0.25) is 0 Å². The summed E-state index contributed by atoms with van der Waals surface area (Å²) in [5, 5.41) is 11.5. The molecule has 0 radical (unpaired) electrons. The molecule has 7 heteroatoms. The van der Waals surface area contributed by atoms with Gasteiger partial charge in [-0.05, 0) is 43.5 Å². The number of carbonyl (C=O) groups excluding carboxylic acids is 1. The molecule has 0 unspecified atom stereocenters. The molecule has 146 valence electrons. The number of hydrogen-bond donors (Lipinski definition) is 1. The van der Waals surface area contributed by atoms with Crippen molar-refractivity contribution in [3.63, 3.8) is 0 Å². The van der Waals surface area contributed by atoms with Crippen molar-refractivity contribution in [3.05, 3.63) is 54.4 Å². The maximum atomic E-state index is 12.7. The molecule has 0 aliphatic carbocycles. The minimum atomic E-state index is -0.811. The first-order valence-corrected chi connectivity index (χ1v) is 9.50. The van der Waals surface area contributed by atoms with Gasteiger partial charge in [-0.1, -0.05) is 13.0 Å². The van der Waals surface area contributed by atoms with Gasteiger partial charge in [-0.25, -0.2) is 4.98 Å². The summed E-state index contributed by atoms with van der Waals surface area (Å²) in [4.78, 5) is 22.9. The van der Waals surface area contributed by atoms with E-state index in [0.717, 1.165) is 17.3 Å². The van der Waals surface area contributed by atoms with E-state index in [4.69, 9.17) is 9.15 Å². The number of aromatic nitrogens is 2. The third kappa shape index (κ3) is 3.84. The summed E-state index contributed by atoms with van der Waals surface area (Å²) in [6.45, 7) is 3.00. The molecule has 0 bridgehead atoms. The van der Waals surface area contributed by atoms with Crippen LogP contribution in [0.15, 0.2) is 47.2 Å². The molecule has 0 saturated carbocycles. The number of nitrogens with zero attached hydrogens (tertiary/aromatic N) is 3. The molecule has 7 nitrogen and oxygen atoms in total. The summed E-state index contributed by atoms with van der Waals surface area (Å²) in [5.41, 5.74) is 0.322. The van der Waals surface area contributed by atoms with Crippen molar-refractivity contribution in [3.8, 4) is 5.75 Å². The first-order chi connectivity index (χ1) is 13.6. The zero-order valence-electron chi connectivity index (χ0n) is 15.8. The lowest BCUT2D eigenvalue weighted by atomic mass is 9.90. The SMILES string of the molecule is CC[C@]1(O)CCCN(C(=O)c2coc(COc3ccc4ncccc4c3)n2)C1. The van der Waals surface area contributed by atoms with E-state index in [0.29, 0.717) is 37.6 Å². The third-order valence-electron chi connectivity index (χ3n) is 5.21. The van der Waals surface area contributed by atoms with Crippen molar-refractivity contribution in [2.75, 3.05) is 13.1 Å². The molecule has 1 aliphatic rings. The predicted octanol–water partition coefficient (Wildman–Crippen LogP) is 3.18. The standard InChI is InChI=1S/C21H23N3O4/c1-2-21(26)8-4-10-24(14-21)20(25)18-12-28-19(23-18)13-27-16-6-7-17-15(11-16)5-3-9-22-17/h3,5-7,9,11-12,26H,2,4,8,10,13-14H2,1H3/t21-/m0/s1. The zero-order valence-corrected chi connectivity index (χ0v) is 15.8. The Labute approximate surface area is 163 Å². The molecular weight excluding hydrogens is 358 g/mol. The minimum Gasteiger partial charge on any atom is -0.484 e. The van der Waals surface area contributed by atoms with Crippen LogP contribution < -0.4 is 4.74 Å². The number of β-amino-alcohol motifs (C(OH)–C–C–N with tert-alkyl or cyclic N) is 1. The molecule has 1 saturated heterocycles. The van der Waals surface area contributed by atoms with Crippen LogP contribution in [0, 0.1) is 0 Å². The second-order valence-corrected chi connectivity index (χ2v) is 7.18. The molecular formula is C21H23N3O4. The summed E-state index contributed by atoms with van der Waals surface area (Å²) >= 11 is 0. The van der Waals surface area contributed by atoms with Crippen LogP contribution in [-0.2, 0) is 6.61 Å². The van der Waals surface area contributed by atoms with Crippen LogP contribution in [0.25, 0.3) is 10.9 Å². The Morgan fingerprint density at radius 3 is 3.14 bits per heavy atom. The highest BCUT2D eigenvalue weighted by Crippen LogP contribution is 2.25. The Balaban J connectivity index is 1.40. The number of aliphatic hydroxyl groups is 1. The van der Waals surface area contributed by atoms with Gasteiger partial charge in [-0.15, -0.1) is 0 Å². The number of piperidine rings is 1. The minimum absolute atomic E-state index is 0.123. The van der Waals surface area contributed by atoms with E-state index < -0.39 is 5.60 Å². The molecule has 1 aliphatic heterocycles. The molecule has 1 N–H and O–H groups in total. The van der Waals surface area contributed by atoms with Gasteiger partial charge < -0.3 is 19.2 Å². The summed E-state index contributed by atoms with van der Waals surface area (Å²) in [6.07, 6.45) is 5.21. The first-order valence-electron chi connectivity index (χ1n) is 9.50. The average molecular weight is 381 g/mol. The normalized spacial score (nSPS) is 19.7. The number of rotatable bonds is 5. The number of amides is 1. The molecule has 4 rings (SSSR count). The molecule has 2 aromatic heterocycles. The van der Waals surface area contributed by atoms with Crippen molar-refractivity contribution in [1.82, 2.24) is 14.9 Å². The lowest BCUT2D eigenvalue weighted by molar-refractivity contribution is -0.0271. The lowest BCUT2D eigenvalue weighted by Gasteiger charge is -2.38. The molecule has 1 amide bonds. The zero-order chi connectivity index (χ0) is 19.6. The number of carbonyl (C=O) groups is 1. The maximum Gasteiger partial charge on any atom is 0.275 e. The Morgan fingerprint density at radius 1 is 1.39 bits per heavy atom. The molecule has 0 spiro atoms. The van der Waals surface area contributed by atoms with Gasteiger partial charge in [0.25, 0.3) is 5.91 Å². The van der Waals surface area contributed by atoms with E-state index in [-0.39, 0.29) is 18.2 Å². The Kier molecular flexibility index (Phi) is 5.00. The van der Waals surface area contributed by atoms with Gasteiger partial charge in [0.2, 0.25) is 5.89 Å². The van der Waals surface area contributed by atoms with Gasteiger partial charge in [-0.2, -0.15) is 0 Å². The second kappa shape index (κ2) is 7.59. The van der Waals surface area contributed by atoms with Gasteiger partial charge in [0.05, 0.1) is 11.1 Å². The van der Waals surface area contributed by atoms with Crippen LogP contribution >= 0.6 is 0 Å². The number of benzene rings is 1. The quantitative estimate of drug-likeness (QED) is 0.730. The van der Waals surface area contributed by atoms with Crippen molar-refractivity contribution >= 4 is 16.8 Å². The molecule has 28 heavy (non-hydrogen) atoms. The fourth-order valence-corrected chi connectivity index (χ4v) is 3.50. The predicted molar refractivity (Wildman–Crippen MR) is 103 cm³/mol. The summed E-state index contributed by atoms with van der Waals surface area (Å²) in [6, 6.07) is 9.46. The first kappa shape index (κ1) is 18.4. The summed E-state index contributed by atoms with van der Waals surface area (Å²) in [5.74, 6) is 0.784. The van der Waals surface area contributed by atoms with Crippen molar-refractivity contribution in [1.29, 1.82) is 0 Å². The van der Waals surface area contributed by atoms with Gasteiger partial charge in [0.1, 0.15) is 12.0 Å². The highest BCUT2D eigenvalue weighted by Gasteiger charge is 2.34. The van der Waals surface area contributed by atoms with E-state index in [1.165, 1.54) is 6.26 Å². The van der Waals surface area contributed by atoms with Gasteiger partial charge >= 0.3 is 0 Å². The van der Waals surface area contributed by atoms with Gasteiger partial charge in [-0.3, -0.25) is 9.78 Å². The average Bonchev–Trinajstić information content (AvgIpc) is 3.20. The molecule has 3 aromatic rings. The van der Waals surface area contributed by atoms with Crippen molar-refractivity contribution in [2.45, 2.75) is 38.4 Å². The van der Waals surface area contributed by atoms with Crippen LogP contribution in [0.4, 0.5) is 0 Å². The van der Waals surface area contributed by atoms with Crippen LogP contribution in [0.1, 0.15) is 42.6 Å². The highest BCUT2D eigenvalue weighted by atomic mass is 16.5.